The minimum absolute atomic E-state index is 0.0825. The highest BCUT2D eigenvalue weighted by Crippen LogP contribution is 2.26. The number of rotatable bonds is 3. The maximum atomic E-state index is 6.17. The van der Waals surface area contributed by atoms with Gasteiger partial charge in [0.25, 0.3) is 0 Å². The molecule has 0 bridgehead atoms. The van der Waals surface area contributed by atoms with Crippen LogP contribution in [0.5, 0.6) is 0 Å². The van der Waals surface area contributed by atoms with Gasteiger partial charge in [0.15, 0.2) is 0 Å². The van der Waals surface area contributed by atoms with Crippen LogP contribution in [0.25, 0.3) is 0 Å². The standard InChI is InChI=1S/C14H12BrCl2N/c15-11-4-1-9(2-5-11)7-14(18)10-3-6-12(16)13(17)8-10/h1-6,8,14H,7,18H2. The lowest BCUT2D eigenvalue weighted by Crippen LogP contribution is -2.13. The van der Waals surface area contributed by atoms with E-state index in [1.807, 2.05) is 24.3 Å². The predicted molar refractivity (Wildman–Crippen MR) is 81.2 cm³/mol. The molecule has 2 N–H and O–H groups in total. The number of nitrogens with two attached hydrogens (primary N) is 1. The van der Waals surface area contributed by atoms with Gasteiger partial charge in [0.05, 0.1) is 10.0 Å². The van der Waals surface area contributed by atoms with Gasteiger partial charge in [0, 0.05) is 10.5 Å². The van der Waals surface area contributed by atoms with Crippen LogP contribution in [-0.2, 0) is 6.42 Å². The average Bonchev–Trinajstić information content (AvgIpc) is 2.35. The van der Waals surface area contributed by atoms with Crippen LogP contribution in [0.2, 0.25) is 10.0 Å². The summed E-state index contributed by atoms with van der Waals surface area (Å²) >= 11 is 15.3. The van der Waals surface area contributed by atoms with E-state index < -0.39 is 0 Å². The van der Waals surface area contributed by atoms with Gasteiger partial charge in [0.1, 0.15) is 0 Å². The molecule has 0 saturated carbocycles. The van der Waals surface area contributed by atoms with Crippen LogP contribution in [0, 0.1) is 0 Å². The summed E-state index contributed by atoms with van der Waals surface area (Å²) in [4.78, 5) is 0. The Bertz CT molecular complexity index is 540. The molecular weight excluding hydrogens is 333 g/mol. The molecule has 2 aromatic rings. The quantitative estimate of drug-likeness (QED) is 0.833. The number of halogens is 3. The van der Waals surface area contributed by atoms with Gasteiger partial charge in [0.2, 0.25) is 0 Å². The summed E-state index contributed by atoms with van der Waals surface area (Å²) in [6, 6.07) is 13.6. The molecule has 0 aromatic heterocycles. The van der Waals surface area contributed by atoms with Gasteiger partial charge >= 0.3 is 0 Å². The second-order valence-corrected chi connectivity index (χ2v) is 5.84. The van der Waals surface area contributed by atoms with Gasteiger partial charge < -0.3 is 5.73 Å². The fraction of sp³-hybridized carbons (Fsp3) is 0.143. The van der Waals surface area contributed by atoms with E-state index in [1.165, 1.54) is 5.56 Å². The highest BCUT2D eigenvalue weighted by atomic mass is 79.9. The molecule has 1 unspecified atom stereocenters. The van der Waals surface area contributed by atoms with Gasteiger partial charge in [-0.15, -0.1) is 0 Å². The first-order valence-corrected chi connectivity index (χ1v) is 7.06. The lowest BCUT2D eigenvalue weighted by atomic mass is 10.00. The molecule has 0 radical (unpaired) electrons. The first kappa shape index (κ1) is 13.9. The zero-order chi connectivity index (χ0) is 13.1. The van der Waals surface area contributed by atoms with Crippen LogP contribution in [0.1, 0.15) is 17.2 Å². The van der Waals surface area contributed by atoms with Crippen LogP contribution in [-0.4, -0.2) is 0 Å². The Labute approximate surface area is 125 Å². The minimum atomic E-state index is -0.0825. The Balaban J connectivity index is 2.13. The highest BCUT2D eigenvalue weighted by Gasteiger charge is 2.09. The molecule has 2 aromatic carbocycles. The molecule has 1 atom stereocenters. The van der Waals surface area contributed by atoms with Crippen molar-refractivity contribution < 1.29 is 0 Å². The molecule has 0 spiro atoms. The number of benzene rings is 2. The zero-order valence-corrected chi connectivity index (χ0v) is 12.6. The molecular formula is C14H12BrCl2N. The third-order valence-electron chi connectivity index (χ3n) is 2.74. The van der Waals surface area contributed by atoms with E-state index in [9.17, 15) is 0 Å². The largest absolute Gasteiger partial charge is 0.324 e. The van der Waals surface area contributed by atoms with E-state index >= 15 is 0 Å². The Kier molecular flexibility index (Phi) is 4.68. The van der Waals surface area contributed by atoms with Crippen molar-refractivity contribution in [3.63, 3.8) is 0 Å². The van der Waals surface area contributed by atoms with Crippen LogP contribution in [0.15, 0.2) is 46.9 Å². The van der Waals surface area contributed by atoms with Crippen LogP contribution in [0.3, 0.4) is 0 Å². The van der Waals surface area contributed by atoms with Gasteiger partial charge in [-0.3, -0.25) is 0 Å². The third-order valence-corrected chi connectivity index (χ3v) is 4.01. The molecule has 0 heterocycles. The highest BCUT2D eigenvalue weighted by molar-refractivity contribution is 9.10. The first-order chi connectivity index (χ1) is 8.56. The van der Waals surface area contributed by atoms with Gasteiger partial charge in [-0.05, 0) is 41.8 Å². The van der Waals surface area contributed by atoms with Crippen molar-refractivity contribution >= 4 is 39.1 Å². The summed E-state index contributed by atoms with van der Waals surface area (Å²) < 4.78 is 1.06. The maximum absolute atomic E-state index is 6.17. The summed E-state index contributed by atoms with van der Waals surface area (Å²) in [5.41, 5.74) is 8.35. The van der Waals surface area contributed by atoms with Crippen molar-refractivity contribution in [2.24, 2.45) is 5.73 Å². The molecule has 0 amide bonds. The van der Waals surface area contributed by atoms with E-state index in [4.69, 9.17) is 28.9 Å². The van der Waals surface area contributed by atoms with E-state index in [1.54, 1.807) is 6.07 Å². The van der Waals surface area contributed by atoms with Crippen molar-refractivity contribution in [1.82, 2.24) is 0 Å². The van der Waals surface area contributed by atoms with E-state index in [0.29, 0.717) is 10.0 Å². The van der Waals surface area contributed by atoms with Gasteiger partial charge in [-0.1, -0.05) is 57.3 Å². The Hall–Kier alpha value is -0.540. The Morgan fingerprint density at radius 1 is 1.00 bits per heavy atom. The van der Waals surface area contributed by atoms with Crippen molar-refractivity contribution in [3.8, 4) is 0 Å². The lowest BCUT2D eigenvalue weighted by molar-refractivity contribution is 0.722. The smallest absolute Gasteiger partial charge is 0.0595 e. The molecule has 94 valence electrons. The third kappa shape index (κ3) is 3.48. The molecule has 4 heteroatoms. The fourth-order valence-corrected chi connectivity index (χ4v) is 2.31. The lowest BCUT2D eigenvalue weighted by Gasteiger charge is -2.13. The normalized spacial score (nSPS) is 12.4. The molecule has 0 saturated heterocycles. The summed E-state index contributed by atoms with van der Waals surface area (Å²) in [6.45, 7) is 0. The zero-order valence-electron chi connectivity index (χ0n) is 9.54. The second-order valence-electron chi connectivity index (χ2n) is 4.11. The minimum Gasteiger partial charge on any atom is -0.324 e. The SMILES string of the molecule is NC(Cc1ccc(Br)cc1)c1ccc(Cl)c(Cl)c1. The monoisotopic (exact) mass is 343 g/mol. The molecule has 1 nitrogen and oxygen atoms in total. The maximum Gasteiger partial charge on any atom is 0.0595 e. The van der Waals surface area contributed by atoms with Crippen molar-refractivity contribution in [3.05, 3.63) is 68.1 Å². The van der Waals surface area contributed by atoms with Crippen molar-refractivity contribution in [2.75, 3.05) is 0 Å². The van der Waals surface area contributed by atoms with E-state index in [-0.39, 0.29) is 6.04 Å². The van der Waals surface area contributed by atoms with Gasteiger partial charge in [-0.25, -0.2) is 0 Å². The molecule has 0 aliphatic carbocycles. The van der Waals surface area contributed by atoms with Crippen molar-refractivity contribution in [2.45, 2.75) is 12.5 Å². The summed E-state index contributed by atoms with van der Waals surface area (Å²) in [5, 5.41) is 1.09. The molecule has 0 fully saturated rings. The predicted octanol–water partition coefficient (Wildman–Crippen LogP) is 5.00. The summed E-state index contributed by atoms with van der Waals surface area (Å²) in [6.07, 6.45) is 0.769. The topological polar surface area (TPSA) is 26.0 Å². The molecule has 0 aliphatic rings. The summed E-state index contributed by atoms with van der Waals surface area (Å²) in [7, 11) is 0. The summed E-state index contributed by atoms with van der Waals surface area (Å²) in [5.74, 6) is 0. The van der Waals surface area contributed by atoms with Crippen LogP contribution in [0.4, 0.5) is 0 Å². The van der Waals surface area contributed by atoms with Crippen LogP contribution < -0.4 is 5.73 Å². The average molecular weight is 345 g/mol. The number of hydrogen-bond acceptors (Lipinski definition) is 1. The Morgan fingerprint density at radius 2 is 1.67 bits per heavy atom. The first-order valence-electron chi connectivity index (χ1n) is 5.51. The molecule has 0 aliphatic heterocycles. The van der Waals surface area contributed by atoms with Crippen LogP contribution >= 0.6 is 39.1 Å². The fourth-order valence-electron chi connectivity index (χ4n) is 1.74. The Morgan fingerprint density at radius 3 is 2.28 bits per heavy atom. The molecule has 18 heavy (non-hydrogen) atoms. The molecule has 2 rings (SSSR count). The van der Waals surface area contributed by atoms with E-state index in [2.05, 4.69) is 28.1 Å². The number of hydrogen-bond donors (Lipinski definition) is 1. The van der Waals surface area contributed by atoms with Gasteiger partial charge in [-0.2, -0.15) is 0 Å². The van der Waals surface area contributed by atoms with Crippen molar-refractivity contribution in [1.29, 1.82) is 0 Å². The van der Waals surface area contributed by atoms with E-state index in [0.717, 1.165) is 16.5 Å². The second kappa shape index (κ2) is 6.07.